The zero-order valence-corrected chi connectivity index (χ0v) is 14.0. The Morgan fingerprint density at radius 3 is 2.41 bits per heavy atom. The molecule has 0 atom stereocenters. The lowest BCUT2D eigenvalue weighted by Crippen LogP contribution is -2.49. The van der Waals surface area contributed by atoms with Crippen molar-refractivity contribution in [3.63, 3.8) is 0 Å². The van der Waals surface area contributed by atoms with Gasteiger partial charge in [0.25, 0.3) is 5.91 Å². The van der Waals surface area contributed by atoms with Crippen LogP contribution in [-0.4, -0.2) is 20.8 Å². The third-order valence-corrected chi connectivity index (χ3v) is 3.84. The number of nitrogens with one attached hydrogen (secondary N) is 1. The molecule has 3 N–H and O–H groups in total. The van der Waals surface area contributed by atoms with Gasteiger partial charge in [-0.15, -0.1) is 0 Å². The van der Waals surface area contributed by atoms with Crippen molar-refractivity contribution in [1.29, 1.82) is 0 Å². The van der Waals surface area contributed by atoms with E-state index in [4.69, 9.17) is 29.6 Å². The highest BCUT2D eigenvalue weighted by Crippen LogP contribution is 2.20. The molecule has 0 fully saturated rings. The van der Waals surface area contributed by atoms with Gasteiger partial charge in [-0.05, 0) is 38.2 Å². The molecule has 0 saturated carbocycles. The fraction of sp³-hybridized carbons (Fsp3) is 0.214. The number of hydrogen-bond acceptors (Lipinski definition) is 3. The maximum absolute atomic E-state index is 12.4. The Balaban J connectivity index is 2.28. The molecule has 0 aliphatic rings. The number of benzene rings is 1. The smallest absolute Gasteiger partial charge is 0.292 e. The van der Waals surface area contributed by atoms with E-state index in [-0.39, 0.29) is 10.8 Å². The first-order valence-electron chi connectivity index (χ1n) is 6.47. The first-order valence-corrected chi connectivity index (χ1v) is 7.26. The van der Waals surface area contributed by atoms with E-state index in [0.29, 0.717) is 16.4 Å². The van der Waals surface area contributed by atoms with Crippen LogP contribution in [-0.2, 0) is 7.05 Å². The van der Waals surface area contributed by atoms with Gasteiger partial charge in [-0.25, -0.2) is 5.01 Å². The topological polar surface area (TPSA) is 76.2 Å². The summed E-state index contributed by atoms with van der Waals surface area (Å²) < 4.78 is 1.54. The van der Waals surface area contributed by atoms with Crippen LogP contribution in [0.5, 0.6) is 0 Å². The number of carbonyl (C=O) groups is 1. The molecule has 0 radical (unpaired) electrons. The molecule has 0 saturated heterocycles. The van der Waals surface area contributed by atoms with Crippen molar-refractivity contribution in [3.8, 4) is 0 Å². The fourth-order valence-electron chi connectivity index (χ4n) is 1.82. The summed E-state index contributed by atoms with van der Waals surface area (Å²) in [5.41, 5.74) is 10.9. The Morgan fingerprint density at radius 1 is 1.36 bits per heavy atom. The molecular formula is C14H16ClN5OS. The van der Waals surface area contributed by atoms with Gasteiger partial charge in [-0.3, -0.25) is 14.9 Å². The molecule has 0 aliphatic heterocycles. The summed E-state index contributed by atoms with van der Waals surface area (Å²) >= 11 is 11.1. The molecule has 22 heavy (non-hydrogen) atoms. The monoisotopic (exact) mass is 337 g/mol. The molecule has 0 bridgehead atoms. The van der Waals surface area contributed by atoms with Gasteiger partial charge in [0.05, 0.1) is 16.4 Å². The highest BCUT2D eigenvalue weighted by Gasteiger charge is 2.21. The van der Waals surface area contributed by atoms with Crippen LogP contribution in [0.2, 0.25) is 5.02 Å². The van der Waals surface area contributed by atoms with Crippen LogP contribution in [0.25, 0.3) is 0 Å². The number of nitrogens with two attached hydrogens (primary N) is 1. The van der Waals surface area contributed by atoms with Gasteiger partial charge in [0.2, 0.25) is 0 Å². The number of aryl methyl sites for hydroxylation is 2. The van der Waals surface area contributed by atoms with Crippen molar-refractivity contribution in [1.82, 2.24) is 15.2 Å². The zero-order chi connectivity index (χ0) is 16.4. The molecule has 1 amide bonds. The average molecular weight is 338 g/mol. The molecule has 1 aromatic carbocycles. The van der Waals surface area contributed by atoms with Crippen molar-refractivity contribution in [2.75, 3.05) is 5.01 Å². The minimum Gasteiger partial charge on any atom is -0.374 e. The van der Waals surface area contributed by atoms with Gasteiger partial charge >= 0.3 is 0 Å². The maximum Gasteiger partial charge on any atom is 0.292 e. The van der Waals surface area contributed by atoms with E-state index in [1.807, 2.05) is 19.1 Å². The van der Waals surface area contributed by atoms with Crippen LogP contribution < -0.4 is 16.2 Å². The molecule has 0 unspecified atom stereocenters. The highest BCUT2D eigenvalue weighted by molar-refractivity contribution is 7.80. The van der Waals surface area contributed by atoms with E-state index < -0.39 is 5.91 Å². The number of carbonyl (C=O) groups excluding carboxylic acids is 1. The third-order valence-electron chi connectivity index (χ3n) is 3.20. The summed E-state index contributed by atoms with van der Waals surface area (Å²) in [5, 5.41) is 5.72. The molecule has 2 aromatic rings. The van der Waals surface area contributed by atoms with Crippen LogP contribution in [0.15, 0.2) is 24.3 Å². The predicted octanol–water partition coefficient (Wildman–Crippen LogP) is 2.09. The first-order chi connectivity index (χ1) is 10.3. The number of nitrogens with zero attached hydrogens (tertiary/aromatic N) is 3. The molecule has 1 heterocycles. The number of halogens is 1. The molecular weight excluding hydrogens is 322 g/mol. The summed E-state index contributed by atoms with van der Waals surface area (Å²) in [6.45, 7) is 3.74. The first kappa shape index (κ1) is 16.3. The number of aromatic nitrogens is 2. The second-order valence-electron chi connectivity index (χ2n) is 4.82. The van der Waals surface area contributed by atoms with E-state index in [1.54, 1.807) is 26.1 Å². The van der Waals surface area contributed by atoms with Gasteiger partial charge in [-0.1, -0.05) is 29.3 Å². The number of anilines is 1. The molecule has 1 aromatic heterocycles. The number of rotatable bonds is 2. The second kappa shape index (κ2) is 6.33. The lowest BCUT2D eigenvalue weighted by atomic mass is 10.2. The van der Waals surface area contributed by atoms with E-state index >= 15 is 0 Å². The minimum absolute atomic E-state index is 0.0148. The van der Waals surface area contributed by atoms with Crippen LogP contribution in [0, 0.1) is 13.8 Å². The fourth-order valence-corrected chi connectivity index (χ4v) is 2.22. The number of amides is 1. The standard InChI is InChI=1S/C14H16ClN5OS/c1-8-4-6-10(7-5-8)20(14(16)22)18-13(21)12-11(15)9(2)19(3)17-12/h4-7H,1-3H3,(H2,16,22)(H,18,21). The van der Waals surface area contributed by atoms with Crippen LogP contribution in [0.3, 0.4) is 0 Å². The van der Waals surface area contributed by atoms with Gasteiger partial charge in [0, 0.05) is 7.05 Å². The van der Waals surface area contributed by atoms with Crippen LogP contribution >= 0.6 is 23.8 Å². The summed E-state index contributed by atoms with van der Waals surface area (Å²) in [7, 11) is 1.71. The van der Waals surface area contributed by atoms with Crippen LogP contribution in [0.1, 0.15) is 21.7 Å². The normalized spacial score (nSPS) is 10.4. The van der Waals surface area contributed by atoms with Gasteiger partial charge < -0.3 is 5.73 Å². The van der Waals surface area contributed by atoms with Crippen LogP contribution in [0.4, 0.5) is 5.69 Å². The van der Waals surface area contributed by atoms with Crippen molar-refractivity contribution >= 4 is 40.5 Å². The second-order valence-corrected chi connectivity index (χ2v) is 5.62. The Kier molecular flexibility index (Phi) is 4.68. The Labute approximate surface area is 138 Å². The highest BCUT2D eigenvalue weighted by atomic mass is 35.5. The molecule has 2 rings (SSSR count). The van der Waals surface area contributed by atoms with E-state index in [1.165, 1.54) is 9.69 Å². The summed E-state index contributed by atoms with van der Waals surface area (Å²) in [5.74, 6) is -0.484. The third kappa shape index (κ3) is 3.20. The lowest BCUT2D eigenvalue weighted by molar-refractivity contribution is 0.0949. The SMILES string of the molecule is Cc1ccc(N(NC(=O)c2nn(C)c(C)c2Cl)C(N)=S)cc1. The summed E-state index contributed by atoms with van der Waals surface area (Å²) in [6.07, 6.45) is 0. The molecule has 0 aliphatic carbocycles. The van der Waals surface area contributed by atoms with Crippen molar-refractivity contribution in [2.24, 2.45) is 12.8 Å². The van der Waals surface area contributed by atoms with Gasteiger partial charge in [0.15, 0.2) is 10.8 Å². The Hall–Kier alpha value is -2.12. The van der Waals surface area contributed by atoms with Crippen molar-refractivity contribution in [3.05, 3.63) is 46.2 Å². The Bertz CT molecular complexity index is 726. The molecule has 0 spiro atoms. The predicted molar refractivity (Wildman–Crippen MR) is 90.9 cm³/mol. The minimum atomic E-state index is -0.484. The number of hydrazine groups is 1. The van der Waals surface area contributed by atoms with Gasteiger partial charge in [0.1, 0.15) is 0 Å². The van der Waals surface area contributed by atoms with Crippen molar-refractivity contribution in [2.45, 2.75) is 13.8 Å². The summed E-state index contributed by atoms with van der Waals surface area (Å²) in [4.78, 5) is 12.4. The lowest BCUT2D eigenvalue weighted by Gasteiger charge is -2.23. The van der Waals surface area contributed by atoms with E-state index in [0.717, 1.165) is 5.56 Å². The maximum atomic E-state index is 12.4. The van der Waals surface area contributed by atoms with Gasteiger partial charge in [-0.2, -0.15) is 5.10 Å². The molecule has 8 heteroatoms. The Morgan fingerprint density at radius 2 is 1.95 bits per heavy atom. The van der Waals surface area contributed by atoms with Crippen molar-refractivity contribution < 1.29 is 4.79 Å². The molecule has 116 valence electrons. The van der Waals surface area contributed by atoms with E-state index in [9.17, 15) is 4.79 Å². The summed E-state index contributed by atoms with van der Waals surface area (Å²) in [6, 6.07) is 7.40. The molecule has 6 nitrogen and oxygen atoms in total. The zero-order valence-electron chi connectivity index (χ0n) is 12.4. The van der Waals surface area contributed by atoms with E-state index in [2.05, 4.69) is 10.5 Å². The number of thiocarbonyl (C=S) groups is 1. The number of hydrogen-bond donors (Lipinski definition) is 2. The quantitative estimate of drug-likeness (QED) is 0.648. The largest absolute Gasteiger partial charge is 0.374 e. The average Bonchev–Trinajstić information content (AvgIpc) is 2.73.